The zero-order chi connectivity index (χ0) is 24.5. The molecule has 184 valence electrons. The number of ether oxygens (including phenoxy) is 2. The second kappa shape index (κ2) is 13.5. The Morgan fingerprint density at radius 1 is 1.12 bits per heavy atom. The van der Waals surface area contributed by atoms with Crippen molar-refractivity contribution in [2.75, 3.05) is 11.5 Å². The van der Waals surface area contributed by atoms with E-state index in [1.54, 1.807) is 7.11 Å². The number of halogens is 1. The van der Waals surface area contributed by atoms with Crippen LogP contribution in [0.15, 0.2) is 36.4 Å². The van der Waals surface area contributed by atoms with Gasteiger partial charge in [-0.15, -0.1) is 0 Å². The van der Waals surface area contributed by atoms with Gasteiger partial charge in [0.2, 0.25) is 0 Å². The third-order valence-corrected chi connectivity index (χ3v) is 12.3. The Hall–Kier alpha value is -0.373. The zero-order valence-corrected chi connectivity index (χ0v) is 25.0. The lowest BCUT2D eigenvalue weighted by Gasteiger charge is -2.43. The van der Waals surface area contributed by atoms with E-state index in [-0.39, 0.29) is 11.1 Å². The molecule has 0 amide bonds. The van der Waals surface area contributed by atoms with Crippen molar-refractivity contribution in [1.82, 2.24) is 0 Å². The molecule has 0 saturated heterocycles. The largest absolute Gasteiger partial charge is 0.497 e. The molecule has 0 fully saturated rings. The number of alkyl halides is 1. The Labute approximate surface area is 212 Å². The minimum atomic E-state index is -2.28. The van der Waals surface area contributed by atoms with Crippen LogP contribution in [0.4, 0.5) is 0 Å². The molecular formula is C27H47IO3Si. The fourth-order valence-corrected chi connectivity index (χ4v) is 5.65. The number of hydrogen-bond acceptors (Lipinski definition) is 3. The van der Waals surface area contributed by atoms with E-state index in [2.05, 4.69) is 102 Å². The molecule has 1 N–H and O–H groups in total. The average Bonchev–Trinajstić information content (AvgIpc) is 2.75. The van der Waals surface area contributed by atoms with Crippen LogP contribution in [-0.2, 0) is 11.3 Å². The molecule has 0 aliphatic carbocycles. The molecule has 1 rings (SSSR count). The summed E-state index contributed by atoms with van der Waals surface area (Å²) in [6.45, 7) is 18.5. The lowest BCUT2D eigenvalue weighted by Crippen LogP contribution is -2.44. The molecule has 0 spiro atoms. The van der Waals surface area contributed by atoms with E-state index in [4.69, 9.17) is 9.47 Å². The Bertz CT molecular complexity index is 681. The summed E-state index contributed by atoms with van der Waals surface area (Å²) in [5.41, 5.74) is 1.16. The number of hydrogen-bond donors (Lipinski definition) is 1. The van der Waals surface area contributed by atoms with E-state index in [0.29, 0.717) is 30.3 Å². The van der Waals surface area contributed by atoms with E-state index in [1.165, 1.54) is 0 Å². The van der Waals surface area contributed by atoms with Crippen molar-refractivity contribution in [2.45, 2.75) is 85.2 Å². The van der Waals surface area contributed by atoms with E-state index < -0.39 is 8.32 Å². The molecule has 0 radical (unpaired) electrons. The van der Waals surface area contributed by atoms with Crippen LogP contribution in [0.3, 0.4) is 0 Å². The number of methoxy groups -OCH3 is 1. The second-order valence-electron chi connectivity index (χ2n) is 10.6. The molecule has 5 heteroatoms. The molecule has 0 bridgehead atoms. The third-order valence-electron chi connectivity index (χ3n) is 7.37. The van der Waals surface area contributed by atoms with Gasteiger partial charge in [0.05, 0.1) is 19.8 Å². The summed E-state index contributed by atoms with van der Waals surface area (Å²) in [5, 5.41) is -0.0466. The van der Waals surface area contributed by atoms with Gasteiger partial charge in [-0.05, 0) is 66.4 Å². The standard InChI is InChI=1S/C27H47IO3Si/c1-10-11-12-20(2)26(31-19-23-13-15-24(30-7)16-14-23)22(4)25(21(3)18-28)17-27(5,6)32(8,9)29/h11-16,20-22,25-26,29H,10,17-19H2,1-9H3/b12-11-/t20?,21-,22-,25+,26-/m0/s1. The van der Waals surface area contributed by atoms with Crippen molar-refractivity contribution in [2.24, 2.45) is 23.7 Å². The van der Waals surface area contributed by atoms with Crippen LogP contribution in [0.2, 0.25) is 18.1 Å². The maximum atomic E-state index is 11.0. The maximum Gasteiger partial charge on any atom is 0.188 e. The minimum absolute atomic E-state index is 0.0466. The van der Waals surface area contributed by atoms with E-state index >= 15 is 0 Å². The summed E-state index contributed by atoms with van der Waals surface area (Å²) in [6, 6.07) is 8.16. The topological polar surface area (TPSA) is 38.7 Å². The van der Waals surface area contributed by atoms with Gasteiger partial charge in [-0.1, -0.05) is 88.4 Å². The predicted octanol–water partition coefficient (Wildman–Crippen LogP) is 7.87. The van der Waals surface area contributed by atoms with Crippen molar-refractivity contribution in [3.63, 3.8) is 0 Å². The van der Waals surface area contributed by atoms with Gasteiger partial charge in [-0.2, -0.15) is 0 Å². The van der Waals surface area contributed by atoms with Crippen molar-refractivity contribution in [3.05, 3.63) is 42.0 Å². The predicted molar refractivity (Wildman–Crippen MR) is 149 cm³/mol. The van der Waals surface area contributed by atoms with Gasteiger partial charge in [-0.25, -0.2) is 0 Å². The van der Waals surface area contributed by atoms with E-state index in [9.17, 15) is 4.80 Å². The first-order valence-corrected chi connectivity index (χ1v) is 16.5. The molecule has 32 heavy (non-hydrogen) atoms. The molecule has 0 saturated carbocycles. The quantitative estimate of drug-likeness (QED) is 0.106. The molecule has 0 aromatic heterocycles. The van der Waals surface area contributed by atoms with Gasteiger partial charge < -0.3 is 14.3 Å². The molecule has 0 heterocycles. The zero-order valence-electron chi connectivity index (χ0n) is 21.8. The molecule has 1 aromatic rings. The van der Waals surface area contributed by atoms with E-state index in [0.717, 1.165) is 28.6 Å². The summed E-state index contributed by atoms with van der Waals surface area (Å²) in [5.74, 6) is 2.63. The molecule has 5 atom stereocenters. The number of rotatable bonds is 14. The first kappa shape index (κ1) is 29.7. The monoisotopic (exact) mass is 574 g/mol. The minimum Gasteiger partial charge on any atom is -0.497 e. The van der Waals surface area contributed by atoms with Gasteiger partial charge in [0.15, 0.2) is 8.32 Å². The fraction of sp³-hybridized carbons (Fsp3) is 0.704. The molecule has 1 unspecified atom stereocenters. The summed E-state index contributed by atoms with van der Waals surface area (Å²) in [6.07, 6.45) is 6.76. The highest BCUT2D eigenvalue weighted by atomic mass is 127. The summed E-state index contributed by atoms with van der Waals surface area (Å²) in [7, 11) is -0.593. The summed E-state index contributed by atoms with van der Waals surface area (Å²) >= 11 is 2.52. The highest BCUT2D eigenvalue weighted by Crippen LogP contribution is 2.46. The van der Waals surface area contributed by atoms with Gasteiger partial charge in [-0.3, -0.25) is 0 Å². The Kier molecular flexibility index (Phi) is 12.5. The van der Waals surface area contributed by atoms with Gasteiger partial charge in [0.25, 0.3) is 0 Å². The third kappa shape index (κ3) is 8.77. The highest BCUT2D eigenvalue weighted by Gasteiger charge is 2.43. The van der Waals surface area contributed by atoms with Crippen LogP contribution in [0.1, 0.15) is 59.9 Å². The van der Waals surface area contributed by atoms with Crippen molar-refractivity contribution in [3.8, 4) is 5.75 Å². The summed E-state index contributed by atoms with van der Waals surface area (Å²) in [4.78, 5) is 11.0. The normalized spacial score (nSPS) is 17.7. The van der Waals surface area contributed by atoms with Crippen LogP contribution >= 0.6 is 22.6 Å². The first-order valence-electron chi connectivity index (χ1n) is 12.1. The van der Waals surface area contributed by atoms with Crippen molar-refractivity contribution < 1.29 is 14.3 Å². The maximum absolute atomic E-state index is 11.0. The van der Waals surface area contributed by atoms with Gasteiger partial charge in [0.1, 0.15) is 5.75 Å². The molecule has 3 nitrogen and oxygen atoms in total. The number of benzene rings is 1. The SMILES string of the molecule is CC/C=C\C(C)[C@H](OCc1ccc(OC)cc1)[C@@H](C)[C@H](CC(C)(C)[Si](C)(C)O)[C@@H](C)CI. The van der Waals surface area contributed by atoms with Crippen LogP contribution < -0.4 is 4.74 Å². The molecular weight excluding hydrogens is 527 g/mol. The smallest absolute Gasteiger partial charge is 0.188 e. The van der Waals surface area contributed by atoms with Crippen LogP contribution in [0.5, 0.6) is 5.75 Å². The number of allylic oxidation sites excluding steroid dienone is 1. The lowest BCUT2D eigenvalue weighted by molar-refractivity contribution is -0.0420. The second-order valence-corrected chi connectivity index (χ2v) is 16.0. The molecule has 1 aromatic carbocycles. The Balaban J connectivity index is 3.16. The molecule has 0 aliphatic heterocycles. The van der Waals surface area contributed by atoms with Crippen molar-refractivity contribution >= 4 is 30.9 Å². The van der Waals surface area contributed by atoms with E-state index in [1.807, 2.05) is 12.1 Å². The fourth-order valence-electron chi connectivity index (χ4n) is 4.26. The molecule has 0 aliphatic rings. The Morgan fingerprint density at radius 2 is 1.72 bits per heavy atom. The Morgan fingerprint density at radius 3 is 2.19 bits per heavy atom. The van der Waals surface area contributed by atoms with Crippen LogP contribution in [0.25, 0.3) is 0 Å². The van der Waals surface area contributed by atoms with Crippen LogP contribution in [0, 0.1) is 23.7 Å². The average molecular weight is 575 g/mol. The van der Waals surface area contributed by atoms with Crippen molar-refractivity contribution in [1.29, 1.82) is 0 Å². The van der Waals surface area contributed by atoms with Crippen LogP contribution in [-0.4, -0.2) is 30.8 Å². The summed E-state index contributed by atoms with van der Waals surface area (Å²) < 4.78 is 13.1. The van der Waals surface area contributed by atoms with Gasteiger partial charge in [0, 0.05) is 10.3 Å². The lowest BCUT2D eigenvalue weighted by atomic mass is 9.73. The highest BCUT2D eigenvalue weighted by molar-refractivity contribution is 14.1. The first-order chi connectivity index (χ1) is 14.9. The van der Waals surface area contributed by atoms with Gasteiger partial charge >= 0.3 is 0 Å².